The van der Waals surface area contributed by atoms with Crippen molar-refractivity contribution in [3.05, 3.63) is 89.6 Å². The number of carbonyl (C=O) groups excluding carboxylic acids is 3. The Morgan fingerprint density at radius 1 is 0.875 bits per heavy atom. The van der Waals surface area contributed by atoms with Crippen molar-refractivity contribution in [2.45, 2.75) is 83.6 Å². The van der Waals surface area contributed by atoms with E-state index in [0.29, 0.717) is 46.2 Å². The smallest absolute Gasteiger partial charge is 0.425 e. The summed E-state index contributed by atoms with van der Waals surface area (Å²) in [7, 11) is -1.84. The molecule has 300 valence electrons. The van der Waals surface area contributed by atoms with Crippen LogP contribution in [-0.4, -0.2) is 78.1 Å². The van der Waals surface area contributed by atoms with E-state index in [-0.39, 0.29) is 23.0 Å². The lowest BCUT2D eigenvalue weighted by Gasteiger charge is -2.28. The van der Waals surface area contributed by atoms with Gasteiger partial charge >= 0.3 is 24.2 Å². The van der Waals surface area contributed by atoms with Crippen LogP contribution in [0.3, 0.4) is 0 Å². The van der Waals surface area contributed by atoms with Crippen molar-refractivity contribution in [1.82, 2.24) is 9.88 Å². The van der Waals surface area contributed by atoms with Gasteiger partial charge < -0.3 is 35.8 Å². The first-order valence-electron chi connectivity index (χ1n) is 17.9. The zero-order valence-corrected chi connectivity index (χ0v) is 33.7. The second kappa shape index (κ2) is 17.4. The summed E-state index contributed by atoms with van der Waals surface area (Å²) in [5, 5.41) is 17.0. The van der Waals surface area contributed by atoms with E-state index < -0.39 is 51.3 Å². The van der Waals surface area contributed by atoms with Crippen LogP contribution in [0.4, 0.5) is 31.6 Å². The van der Waals surface area contributed by atoms with Crippen molar-refractivity contribution in [3.63, 3.8) is 0 Å². The first kappa shape index (κ1) is 43.0. The molecule has 0 saturated heterocycles. The summed E-state index contributed by atoms with van der Waals surface area (Å²) in [4.78, 5) is 58.6. The number of anilines is 3. The molecule has 0 aliphatic rings. The summed E-state index contributed by atoms with van der Waals surface area (Å²) in [6, 6.07) is 16.6. The number of nitrogens with zero attached hydrogens (tertiary/aromatic N) is 3. The molecule has 0 bridgehead atoms. The van der Waals surface area contributed by atoms with E-state index in [1.54, 1.807) is 110 Å². The number of likely N-dealkylation sites (N-methyl/N-ethyl adjacent to an activating group) is 1. The second-order valence-electron chi connectivity index (χ2n) is 15.1. The van der Waals surface area contributed by atoms with E-state index in [9.17, 15) is 32.7 Å². The lowest BCUT2D eigenvalue weighted by atomic mass is 10.0. The topological polar surface area (TPSA) is 211 Å². The molecule has 1 aromatic heterocycles. The van der Waals surface area contributed by atoms with Crippen molar-refractivity contribution >= 4 is 62.0 Å². The molecule has 1 unspecified atom stereocenters. The van der Waals surface area contributed by atoms with Crippen LogP contribution in [0.5, 0.6) is 0 Å². The molecule has 0 fully saturated rings. The first-order chi connectivity index (χ1) is 26.1. The van der Waals surface area contributed by atoms with Crippen molar-refractivity contribution in [2.75, 3.05) is 34.9 Å². The number of sulfone groups is 1. The lowest BCUT2D eigenvalue weighted by Crippen LogP contribution is -2.44. The maximum absolute atomic E-state index is 13.3. The minimum atomic E-state index is -3.47. The third-order valence-electron chi connectivity index (χ3n) is 8.31. The molecule has 4 rings (SSSR count). The average Bonchev–Trinajstić information content (AvgIpc) is 3.11. The fraction of sp³-hybridized carbons (Fsp3) is 0.375. The number of benzene rings is 3. The number of imide groups is 1. The van der Waals surface area contributed by atoms with Crippen molar-refractivity contribution in [2.24, 2.45) is 5.73 Å². The van der Waals surface area contributed by atoms with Crippen LogP contribution in [0.1, 0.15) is 71.2 Å². The van der Waals surface area contributed by atoms with Crippen LogP contribution < -0.4 is 21.3 Å². The molecule has 15 nitrogen and oxygen atoms in total. The summed E-state index contributed by atoms with van der Waals surface area (Å²) in [5.41, 5.74) is 6.59. The van der Waals surface area contributed by atoms with Gasteiger partial charge in [-0.25, -0.2) is 32.6 Å². The molecule has 56 heavy (non-hydrogen) atoms. The molecule has 5 N–H and O–H groups in total. The Hall–Kier alpha value is -5.74. The van der Waals surface area contributed by atoms with Gasteiger partial charge in [-0.15, -0.1) is 0 Å². The van der Waals surface area contributed by atoms with Crippen LogP contribution in [0, 0.1) is 0 Å². The Balaban J connectivity index is 1.47. The lowest BCUT2D eigenvalue weighted by molar-refractivity contribution is -0.138. The Morgan fingerprint density at radius 3 is 2.04 bits per heavy atom. The zero-order valence-electron chi connectivity index (χ0n) is 32.9. The number of nitrogens with two attached hydrogens (primary N) is 1. The van der Waals surface area contributed by atoms with E-state index in [2.05, 4.69) is 15.6 Å². The SMILES string of the molecule is CCS(=O)(=O)c1ccc(NC(=O)N(C)CCc2ccc(C(Nc3ccc4c(N(C(=O)OC(C)(C)C)C(=O)OC(C)(C)C)nccc4c3)C(=O)O)cc2)cc1CN. The van der Waals surface area contributed by atoms with Gasteiger partial charge in [-0.05, 0) is 113 Å². The number of nitrogens with one attached hydrogen (secondary N) is 2. The van der Waals surface area contributed by atoms with Crippen molar-refractivity contribution in [3.8, 4) is 0 Å². The van der Waals surface area contributed by atoms with Crippen LogP contribution in [-0.2, 0) is 37.1 Å². The molecule has 4 aromatic rings. The molecule has 0 aliphatic carbocycles. The molecule has 16 heteroatoms. The van der Waals surface area contributed by atoms with E-state index in [0.717, 1.165) is 10.5 Å². The molecule has 0 spiro atoms. The largest absolute Gasteiger partial charge is 0.479 e. The standard InChI is InChI=1S/C40H50N6O9S/c1-9-56(52,53)32-17-15-30(23-28(32)24-41)44-36(49)45(8)21-19-25-10-12-26(13-11-25)33(35(47)48)43-29-14-16-31-27(22-29)18-20-42-34(31)46(37(50)54-39(2,3)4)38(51)55-40(5,6)7/h10-18,20,22-23,33,43H,9,19,21,24,41H2,1-8H3,(H,44,49)(H,47,48). The Kier molecular flexibility index (Phi) is 13.3. The number of pyridine rings is 1. The number of carbonyl (C=O) groups is 4. The van der Waals surface area contributed by atoms with E-state index in [1.807, 2.05) is 0 Å². The fourth-order valence-corrected chi connectivity index (χ4v) is 6.64. The number of rotatable bonds is 12. The van der Waals surface area contributed by atoms with Crippen LogP contribution in [0.15, 0.2) is 77.8 Å². The highest BCUT2D eigenvalue weighted by Crippen LogP contribution is 2.31. The molecule has 0 saturated carbocycles. The minimum Gasteiger partial charge on any atom is -0.479 e. The Labute approximate surface area is 327 Å². The first-order valence-corrected chi connectivity index (χ1v) is 19.6. The highest BCUT2D eigenvalue weighted by molar-refractivity contribution is 7.91. The molecule has 0 radical (unpaired) electrons. The number of amides is 4. The summed E-state index contributed by atoms with van der Waals surface area (Å²) in [6.07, 6.45) is -0.0290. The summed E-state index contributed by atoms with van der Waals surface area (Å²) in [5.74, 6) is -1.19. The number of hydrogen-bond acceptors (Lipinski definition) is 11. The number of aromatic nitrogens is 1. The van der Waals surface area contributed by atoms with E-state index >= 15 is 0 Å². The number of carboxylic acid groups (broad SMARTS) is 1. The van der Waals surface area contributed by atoms with Gasteiger partial charge in [0.1, 0.15) is 11.2 Å². The van der Waals surface area contributed by atoms with Crippen molar-refractivity contribution in [1.29, 1.82) is 0 Å². The maximum atomic E-state index is 13.3. The highest BCUT2D eigenvalue weighted by Gasteiger charge is 2.34. The normalized spacial score (nSPS) is 12.4. The van der Waals surface area contributed by atoms with Gasteiger partial charge in [0.2, 0.25) is 0 Å². The zero-order chi connectivity index (χ0) is 41.6. The van der Waals surface area contributed by atoms with Gasteiger partial charge in [0.25, 0.3) is 0 Å². The summed E-state index contributed by atoms with van der Waals surface area (Å²) < 4.78 is 35.8. The molecule has 0 aliphatic heterocycles. The van der Waals surface area contributed by atoms with E-state index in [4.69, 9.17) is 15.2 Å². The average molecular weight is 791 g/mol. The number of hydrogen-bond donors (Lipinski definition) is 4. The maximum Gasteiger partial charge on any atom is 0.425 e. The van der Waals surface area contributed by atoms with Crippen LogP contribution >= 0.6 is 0 Å². The molecular weight excluding hydrogens is 741 g/mol. The van der Waals surface area contributed by atoms with Gasteiger partial charge in [0.15, 0.2) is 21.7 Å². The number of ether oxygens (including phenoxy) is 2. The van der Waals surface area contributed by atoms with Crippen LogP contribution in [0.25, 0.3) is 10.8 Å². The van der Waals surface area contributed by atoms with Crippen LogP contribution in [0.2, 0.25) is 0 Å². The van der Waals surface area contributed by atoms with Gasteiger partial charge in [-0.2, -0.15) is 4.90 Å². The number of aliphatic carboxylic acids is 1. The van der Waals surface area contributed by atoms with E-state index in [1.165, 1.54) is 23.2 Å². The Bertz CT molecular complexity index is 2170. The van der Waals surface area contributed by atoms with Gasteiger partial charge in [0.05, 0.1) is 10.6 Å². The third-order valence-corrected chi connectivity index (χ3v) is 10.1. The second-order valence-corrected chi connectivity index (χ2v) is 17.3. The molecule has 1 heterocycles. The van der Waals surface area contributed by atoms with Gasteiger partial charge in [-0.1, -0.05) is 31.2 Å². The predicted molar refractivity (Wildman–Crippen MR) is 215 cm³/mol. The molecule has 4 amide bonds. The van der Waals surface area contributed by atoms with Crippen molar-refractivity contribution < 1.29 is 42.2 Å². The minimum absolute atomic E-state index is 0.00318. The summed E-state index contributed by atoms with van der Waals surface area (Å²) in [6.45, 7) is 11.9. The van der Waals surface area contributed by atoms with Gasteiger partial charge in [-0.3, -0.25) is 0 Å². The molecule has 3 aromatic carbocycles. The third kappa shape index (κ3) is 11.2. The molecular formula is C40H50N6O9S. The number of fused-ring (bicyclic) bond motifs is 1. The molecule has 1 atom stereocenters. The summed E-state index contributed by atoms with van der Waals surface area (Å²) >= 11 is 0. The fourth-order valence-electron chi connectivity index (χ4n) is 5.52. The predicted octanol–water partition coefficient (Wildman–Crippen LogP) is 7.11. The number of carboxylic acids is 1. The highest BCUT2D eigenvalue weighted by atomic mass is 32.2. The van der Waals surface area contributed by atoms with Gasteiger partial charge in [0, 0.05) is 43.1 Å². The quantitative estimate of drug-likeness (QED) is 0.113. The number of urea groups is 1. The monoisotopic (exact) mass is 790 g/mol. The Morgan fingerprint density at radius 2 is 1.48 bits per heavy atom.